The van der Waals surface area contributed by atoms with Crippen molar-refractivity contribution < 1.29 is 9.90 Å². The minimum Gasteiger partial charge on any atom is -0.393 e. The summed E-state index contributed by atoms with van der Waals surface area (Å²) in [4.78, 5) is 14.0. The lowest BCUT2D eigenvalue weighted by molar-refractivity contribution is -0.149. The average Bonchev–Trinajstić information content (AvgIpc) is 1.96. The summed E-state index contributed by atoms with van der Waals surface area (Å²) < 4.78 is 0. The lowest BCUT2D eigenvalue weighted by Crippen LogP contribution is -2.63. The third-order valence-electron chi connectivity index (χ3n) is 3.21. The smallest absolute Gasteiger partial charge is 0.247 e. The topological polar surface area (TPSA) is 40.5 Å². The van der Waals surface area contributed by atoms with Gasteiger partial charge in [0.25, 0.3) is 0 Å². The van der Waals surface area contributed by atoms with Crippen molar-refractivity contribution in [3.8, 4) is 0 Å². The van der Waals surface area contributed by atoms with E-state index in [1.165, 1.54) is 0 Å². The Bertz CT molecular complexity index is 287. The monoisotopic (exact) mass is 225 g/mol. The first kappa shape index (κ1) is 13.2. The van der Waals surface area contributed by atoms with Crippen molar-refractivity contribution in [1.82, 2.24) is 4.90 Å². The molecule has 92 valence electrons. The molecule has 0 bridgehead atoms. The fourth-order valence-electron chi connectivity index (χ4n) is 3.04. The number of allylic oxidation sites excluding steroid dienone is 1. The zero-order valence-electron chi connectivity index (χ0n) is 10.9. The van der Waals surface area contributed by atoms with Gasteiger partial charge in [-0.3, -0.25) is 4.79 Å². The summed E-state index contributed by atoms with van der Waals surface area (Å²) in [5.74, 6) is 0.0319. The van der Waals surface area contributed by atoms with Gasteiger partial charge in [-0.05, 0) is 53.5 Å². The highest BCUT2D eigenvalue weighted by Crippen LogP contribution is 2.38. The number of hydrogen-bond donors (Lipinski definition) is 1. The summed E-state index contributed by atoms with van der Waals surface area (Å²) in [5, 5.41) is 9.85. The van der Waals surface area contributed by atoms with Gasteiger partial charge in [0.2, 0.25) is 5.91 Å². The Labute approximate surface area is 98.1 Å². The Morgan fingerprint density at radius 1 is 1.25 bits per heavy atom. The fraction of sp³-hybridized carbons (Fsp3) is 0.769. The number of aliphatic hydroxyl groups excluding tert-OH is 1. The van der Waals surface area contributed by atoms with E-state index in [0.717, 1.165) is 0 Å². The first-order valence-corrected chi connectivity index (χ1v) is 5.86. The summed E-state index contributed by atoms with van der Waals surface area (Å²) in [7, 11) is 0. The summed E-state index contributed by atoms with van der Waals surface area (Å²) in [5.41, 5.74) is -0.588. The van der Waals surface area contributed by atoms with Gasteiger partial charge in [0.05, 0.1) is 6.10 Å². The van der Waals surface area contributed by atoms with Crippen molar-refractivity contribution in [3.63, 3.8) is 0 Å². The quantitative estimate of drug-likeness (QED) is 0.694. The number of rotatable bonds is 1. The van der Waals surface area contributed by atoms with Crippen LogP contribution in [-0.2, 0) is 4.79 Å². The van der Waals surface area contributed by atoms with Crippen molar-refractivity contribution in [1.29, 1.82) is 0 Å². The molecule has 0 atom stereocenters. The molecule has 0 aromatic rings. The molecule has 1 fully saturated rings. The van der Waals surface area contributed by atoms with Crippen LogP contribution < -0.4 is 0 Å². The molecule has 0 unspecified atom stereocenters. The molecular weight excluding hydrogens is 202 g/mol. The standard InChI is InChI=1S/C13H23NO2/c1-6-7-11(16)14-12(2,3)8-10(15)9-13(14,4)5/h6-7,10,15H,8-9H2,1-5H3. The zero-order chi connectivity index (χ0) is 12.6. The van der Waals surface area contributed by atoms with Crippen molar-refractivity contribution in [3.05, 3.63) is 12.2 Å². The third-order valence-corrected chi connectivity index (χ3v) is 3.21. The van der Waals surface area contributed by atoms with Crippen LogP contribution in [0.25, 0.3) is 0 Å². The Morgan fingerprint density at radius 3 is 2.06 bits per heavy atom. The van der Waals surface area contributed by atoms with Crippen LogP contribution in [-0.4, -0.2) is 33.1 Å². The van der Waals surface area contributed by atoms with Crippen molar-refractivity contribution >= 4 is 5.91 Å². The number of carbonyl (C=O) groups excluding carboxylic acids is 1. The molecule has 0 aromatic heterocycles. The van der Waals surface area contributed by atoms with E-state index >= 15 is 0 Å². The largest absolute Gasteiger partial charge is 0.393 e. The first-order valence-electron chi connectivity index (χ1n) is 5.86. The second-order valence-corrected chi connectivity index (χ2v) is 5.86. The highest BCUT2D eigenvalue weighted by molar-refractivity contribution is 5.88. The molecule has 0 radical (unpaired) electrons. The molecule has 1 aliphatic heterocycles. The van der Waals surface area contributed by atoms with Gasteiger partial charge in [-0.1, -0.05) is 6.08 Å². The minimum atomic E-state index is -0.320. The Hall–Kier alpha value is -0.830. The molecule has 1 heterocycles. The Kier molecular flexibility index (Phi) is 3.48. The summed E-state index contributed by atoms with van der Waals surface area (Å²) in [6.07, 6.45) is 4.32. The van der Waals surface area contributed by atoms with Gasteiger partial charge < -0.3 is 10.0 Å². The molecule has 0 spiro atoms. The molecular formula is C13H23NO2. The van der Waals surface area contributed by atoms with E-state index < -0.39 is 0 Å². The fourth-order valence-corrected chi connectivity index (χ4v) is 3.04. The average molecular weight is 225 g/mol. The predicted molar refractivity (Wildman–Crippen MR) is 65.1 cm³/mol. The number of piperidine rings is 1. The molecule has 3 nitrogen and oxygen atoms in total. The van der Waals surface area contributed by atoms with E-state index in [9.17, 15) is 9.90 Å². The number of carbonyl (C=O) groups is 1. The second-order valence-electron chi connectivity index (χ2n) is 5.86. The SMILES string of the molecule is CC=CC(=O)N1C(C)(C)CC(O)CC1(C)C. The molecule has 0 aromatic carbocycles. The first-order chi connectivity index (χ1) is 7.20. The Morgan fingerprint density at radius 2 is 1.69 bits per heavy atom. The van der Waals surface area contributed by atoms with Crippen LogP contribution in [0.3, 0.4) is 0 Å². The molecule has 1 amide bonds. The Balaban J connectivity index is 3.06. The van der Waals surface area contributed by atoms with Gasteiger partial charge in [-0.25, -0.2) is 0 Å². The van der Waals surface area contributed by atoms with Crippen molar-refractivity contribution in [2.45, 2.75) is 64.6 Å². The maximum atomic E-state index is 12.1. The van der Waals surface area contributed by atoms with Crippen molar-refractivity contribution in [2.75, 3.05) is 0 Å². The van der Waals surface area contributed by atoms with Crippen molar-refractivity contribution in [2.24, 2.45) is 0 Å². The molecule has 0 saturated carbocycles. The van der Waals surface area contributed by atoms with E-state index in [4.69, 9.17) is 0 Å². The number of likely N-dealkylation sites (tertiary alicyclic amines) is 1. The third kappa shape index (κ3) is 2.46. The number of aliphatic hydroxyl groups is 1. The highest BCUT2D eigenvalue weighted by Gasteiger charge is 2.46. The van der Waals surface area contributed by atoms with Crippen LogP contribution in [0.15, 0.2) is 12.2 Å². The van der Waals surface area contributed by atoms with E-state index in [1.807, 2.05) is 39.5 Å². The van der Waals surface area contributed by atoms with Crippen LogP contribution >= 0.6 is 0 Å². The second kappa shape index (κ2) is 4.21. The normalized spacial score (nSPS) is 25.0. The number of nitrogens with zero attached hydrogens (tertiary/aromatic N) is 1. The maximum Gasteiger partial charge on any atom is 0.247 e. The summed E-state index contributed by atoms with van der Waals surface area (Å²) >= 11 is 0. The minimum absolute atomic E-state index is 0.0319. The molecule has 1 saturated heterocycles. The molecule has 3 heteroatoms. The molecule has 0 aliphatic carbocycles. The van der Waals surface area contributed by atoms with E-state index in [0.29, 0.717) is 12.8 Å². The van der Waals surface area contributed by atoms with Crippen LogP contribution in [0, 0.1) is 0 Å². The van der Waals surface area contributed by atoms with Gasteiger partial charge in [0.1, 0.15) is 0 Å². The summed E-state index contributed by atoms with van der Waals surface area (Å²) in [6.45, 7) is 9.89. The van der Waals surface area contributed by atoms with Gasteiger partial charge >= 0.3 is 0 Å². The van der Waals surface area contributed by atoms with E-state index in [2.05, 4.69) is 0 Å². The lowest BCUT2D eigenvalue weighted by Gasteiger charge is -2.54. The highest BCUT2D eigenvalue weighted by atomic mass is 16.3. The van der Waals surface area contributed by atoms with Gasteiger partial charge in [-0.15, -0.1) is 0 Å². The van der Waals surface area contributed by atoms with E-state index in [1.54, 1.807) is 12.2 Å². The molecule has 1 aliphatic rings. The molecule has 16 heavy (non-hydrogen) atoms. The predicted octanol–water partition coefficient (Wildman–Crippen LogP) is 2.10. The molecule has 1 N–H and O–H groups in total. The molecule has 1 rings (SSSR count). The number of amides is 1. The van der Waals surface area contributed by atoms with Crippen LogP contribution in [0.5, 0.6) is 0 Å². The van der Waals surface area contributed by atoms with E-state index in [-0.39, 0.29) is 23.1 Å². The van der Waals surface area contributed by atoms with Crippen LogP contribution in [0.2, 0.25) is 0 Å². The summed E-state index contributed by atoms with van der Waals surface area (Å²) in [6, 6.07) is 0. The van der Waals surface area contributed by atoms with Crippen LogP contribution in [0.1, 0.15) is 47.5 Å². The van der Waals surface area contributed by atoms with Gasteiger partial charge in [0, 0.05) is 11.1 Å². The van der Waals surface area contributed by atoms with Gasteiger partial charge in [0.15, 0.2) is 0 Å². The lowest BCUT2D eigenvalue weighted by atomic mass is 9.78. The zero-order valence-corrected chi connectivity index (χ0v) is 10.9. The van der Waals surface area contributed by atoms with Crippen LogP contribution in [0.4, 0.5) is 0 Å². The number of hydrogen-bond acceptors (Lipinski definition) is 2. The van der Waals surface area contributed by atoms with Gasteiger partial charge in [-0.2, -0.15) is 0 Å². The maximum absolute atomic E-state index is 12.1.